The summed E-state index contributed by atoms with van der Waals surface area (Å²) in [5, 5.41) is 8.08. The number of fused-ring (bicyclic) bond motifs is 1. The molecule has 1 aromatic heterocycles. The molecule has 0 saturated heterocycles. The number of carbonyl (C=O) groups excluding carboxylic acids is 3. The van der Waals surface area contributed by atoms with Crippen molar-refractivity contribution >= 4 is 62.7 Å². The fraction of sp³-hybridized carbons (Fsp3) is 0.143. The molecule has 11 nitrogen and oxygen atoms in total. The van der Waals surface area contributed by atoms with Gasteiger partial charge in [-0.1, -0.05) is 29.8 Å². The fourth-order valence-corrected chi connectivity index (χ4v) is 6.01. The third kappa shape index (κ3) is 7.51. The molecule has 4 aromatic carbocycles. The first-order chi connectivity index (χ1) is 23.3. The number of nitrogens with zero attached hydrogens (tertiary/aromatic N) is 1. The normalized spacial score (nSPS) is 10.9. The number of anilines is 1. The lowest BCUT2D eigenvalue weighted by Crippen LogP contribution is -2.17. The number of hydrogen-bond acceptors (Lipinski definition) is 10. The van der Waals surface area contributed by atoms with Crippen LogP contribution in [0, 0.1) is 0 Å². The zero-order valence-corrected chi connectivity index (χ0v) is 27.9. The smallest absolute Gasteiger partial charge is 0.343 e. The summed E-state index contributed by atoms with van der Waals surface area (Å²) < 4.78 is 28.2. The molecule has 1 heterocycles. The molecule has 246 valence electrons. The van der Waals surface area contributed by atoms with E-state index >= 15 is 0 Å². The van der Waals surface area contributed by atoms with Crippen LogP contribution < -0.4 is 34.4 Å². The molecule has 0 radical (unpaired) electrons. The van der Waals surface area contributed by atoms with E-state index in [0.717, 1.165) is 10.1 Å². The van der Waals surface area contributed by atoms with Crippen molar-refractivity contribution in [3.8, 4) is 28.7 Å². The van der Waals surface area contributed by atoms with Gasteiger partial charge in [0.25, 0.3) is 11.8 Å². The number of thiophene rings is 1. The van der Waals surface area contributed by atoms with Gasteiger partial charge < -0.3 is 29.0 Å². The minimum atomic E-state index is -0.668. The van der Waals surface area contributed by atoms with Gasteiger partial charge in [-0.3, -0.25) is 9.59 Å². The Morgan fingerprint density at radius 3 is 2.17 bits per heavy atom. The van der Waals surface area contributed by atoms with Crippen LogP contribution in [0.15, 0.2) is 84.0 Å². The Labute approximate surface area is 285 Å². The highest BCUT2D eigenvalue weighted by Crippen LogP contribution is 2.39. The molecular formula is C35H30ClN3O8S. The molecule has 5 rings (SSSR count). The summed E-state index contributed by atoms with van der Waals surface area (Å²) >= 11 is 7.74. The number of hydrogen-bond donors (Lipinski definition) is 2. The zero-order chi connectivity index (χ0) is 34.2. The first-order valence-electron chi connectivity index (χ1n) is 14.5. The Balaban J connectivity index is 1.21. The largest absolute Gasteiger partial charge is 0.493 e. The predicted octanol–water partition coefficient (Wildman–Crippen LogP) is 7.21. The van der Waals surface area contributed by atoms with Crippen molar-refractivity contribution in [3.05, 3.63) is 105 Å². The highest BCUT2D eigenvalue weighted by atomic mass is 35.5. The number of hydrazone groups is 1. The minimum Gasteiger partial charge on any atom is -0.493 e. The van der Waals surface area contributed by atoms with Crippen LogP contribution in [-0.4, -0.2) is 51.9 Å². The molecule has 0 aliphatic rings. The lowest BCUT2D eigenvalue weighted by atomic mass is 10.1. The van der Waals surface area contributed by atoms with Crippen molar-refractivity contribution < 1.29 is 38.1 Å². The SMILES string of the molecule is CCOc1cc(/C=N\NC(=O)c2ccc(NC(=O)c3sc4ccccc4c3Cl)cc2)ccc1OC(=O)c1cc(OC)c(OC)c(OC)c1. The summed E-state index contributed by atoms with van der Waals surface area (Å²) in [7, 11) is 4.37. The molecule has 0 bridgehead atoms. The maximum atomic E-state index is 13.0. The van der Waals surface area contributed by atoms with Crippen molar-refractivity contribution in [3.63, 3.8) is 0 Å². The topological polar surface area (TPSA) is 134 Å². The number of nitrogens with one attached hydrogen (secondary N) is 2. The third-order valence-corrected chi connectivity index (χ3v) is 8.57. The van der Waals surface area contributed by atoms with Gasteiger partial charge >= 0.3 is 5.97 Å². The molecule has 2 N–H and O–H groups in total. The molecule has 0 unspecified atom stereocenters. The second-order valence-electron chi connectivity index (χ2n) is 9.91. The van der Waals surface area contributed by atoms with E-state index in [1.807, 2.05) is 24.3 Å². The monoisotopic (exact) mass is 687 g/mol. The van der Waals surface area contributed by atoms with Crippen molar-refractivity contribution in [2.45, 2.75) is 6.92 Å². The molecule has 0 aliphatic carbocycles. The van der Waals surface area contributed by atoms with Crippen LogP contribution in [0.2, 0.25) is 5.02 Å². The van der Waals surface area contributed by atoms with Crippen LogP contribution in [0.5, 0.6) is 28.7 Å². The quantitative estimate of drug-likeness (QED) is 0.0608. The summed E-state index contributed by atoms with van der Waals surface area (Å²) in [6.07, 6.45) is 1.43. The second kappa shape index (κ2) is 15.3. The van der Waals surface area contributed by atoms with Crippen molar-refractivity contribution in [2.75, 3.05) is 33.3 Å². The van der Waals surface area contributed by atoms with E-state index in [1.54, 1.807) is 49.4 Å². The number of methoxy groups -OCH3 is 3. The first-order valence-corrected chi connectivity index (χ1v) is 15.7. The van der Waals surface area contributed by atoms with Crippen LogP contribution >= 0.6 is 22.9 Å². The Bertz CT molecular complexity index is 1980. The van der Waals surface area contributed by atoms with Gasteiger partial charge in [-0.15, -0.1) is 11.3 Å². The van der Waals surface area contributed by atoms with E-state index < -0.39 is 11.9 Å². The van der Waals surface area contributed by atoms with Gasteiger partial charge in [0.2, 0.25) is 5.75 Å². The number of rotatable bonds is 12. The summed E-state index contributed by atoms with van der Waals surface area (Å²) in [6.45, 7) is 2.10. The van der Waals surface area contributed by atoms with E-state index in [0.29, 0.717) is 56.3 Å². The molecule has 0 saturated carbocycles. The third-order valence-electron chi connectivity index (χ3n) is 6.90. The Morgan fingerprint density at radius 1 is 0.812 bits per heavy atom. The van der Waals surface area contributed by atoms with E-state index in [2.05, 4.69) is 15.8 Å². The molecular weight excluding hydrogens is 658 g/mol. The maximum Gasteiger partial charge on any atom is 0.343 e. The maximum absolute atomic E-state index is 13.0. The van der Waals surface area contributed by atoms with Crippen molar-refractivity contribution in [1.82, 2.24) is 5.43 Å². The molecule has 0 aliphatic heterocycles. The van der Waals surface area contributed by atoms with Gasteiger partial charge in [-0.2, -0.15) is 5.10 Å². The average molecular weight is 688 g/mol. The highest BCUT2D eigenvalue weighted by molar-refractivity contribution is 7.21. The Hall–Kier alpha value is -5.59. The Kier molecular flexibility index (Phi) is 10.8. The van der Waals surface area contributed by atoms with Crippen LogP contribution in [-0.2, 0) is 0 Å². The van der Waals surface area contributed by atoms with E-state index in [-0.39, 0.29) is 17.2 Å². The lowest BCUT2D eigenvalue weighted by Gasteiger charge is -2.15. The van der Waals surface area contributed by atoms with Crippen LogP contribution in [0.1, 0.15) is 42.9 Å². The van der Waals surface area contributed by atoms with E-state index in [1.165, 1.54) is 51.0 Å². The van der Waals surface area contributed by atoms with Crippen molar-refractivity contribution in [2.24, 2.45) is 5.10 Å². The van der Waals surface area contributed by atoms with Gasteiger partial charge in [0.15, 0.2) is 23.0 Å². The zero-order valence-electron chi connectivity index (χ0n) is 26.3. The minimum absolute atomic E-state index is 0.177. The van der Waals surface area contributed by atoms with Crippen LogP contribution in [0.25, 0.3) is 10.1 Å². The molecule has 0 spiro atoms. The van der Waals surface area contributed by atoms with Gasteiger partial charge in [0.05, 0.1) is 44.7 Å². The first kappa shape index (κ1) is 33.8. The average Bonchev–Trinajstić information content (AvgIpc) is 3.45. The van der Waals surface area contributed by atoms with Gasteiger partial charge in [0.1, 0.15) is 4.88 Å². The molecule has 0 fully saturated rings. The summed E-state index contributed by atoms with van der Waals surface area (Å²) in [6, 6.07) is 21.7. The van der Waals surface area contributed by atoms with Crippen LogP contribution in [0.3, 0.4) is 0 Å². The number of amides is 2. The number of halogens is 1. The van der Waals surface area contributed by atoms with E-state index in [9.17, 15) is 14.4 Å². The molecule has 5 aromatic rings. The highest BCUT2D eigenvalue weighted by Gasteiger charge is 2.20. The molecule has 0 atom stereocenters. The standard InChI is InChI=1S/C35H30ClN3O8S/c1-5-46-26-16-20(10-15-25(26)47-35(42)22-17-27(43-2)31(45-4)28(18-22)44-3)19-37-39-33(40)21-11-13-23(14-12-21)38-34(41)32-30(36)24-8-6-7-9-29(24)48-32/h6-19H,5H2,1-4H3,(H,38,41)(H,39,40)/b37-19-. The summed E-state index contributed by atoms with van der Waals surface area (Å²) in [5.74, 6) is -0.0384. The summed E-state index contributed by atoms with van der Waals surface area (Å²) in [4.78, 5) is 39.0. The van der Waals surface area contributed by atoms with Crippen LogP contribution in [0.4, 0.5) is 5.69 Å². The second-order valence-corrected chi connectivity index (χ2v) is 11.3. The lowest BCUT2D eigenvalue weighted by molar-refractivity contribution is 0.0727. The number of esters is 1. The van der Waals surface area contributed by atoms with E-state index in [4.69, 9.17) is 35.3 Å². The molecule has 13 heteroatoms. The fourth-order valence-electron chi connectivity index (χ4n) is 4.60. The molecule has 48 heavy (non-hydrogen) atoms. The van der Waals surface area contributed by atoms with Crippen molar-refractivity contribution in [1.29, 1.82) is 0 Å². The molecule has 2 amide bonds. The number of carbonyl (C=O) groups is 3. The van der Waals surface area contributed by atoms with Gasteiger partial charge in [-0.25, -0.2) is 10.2 Å². The van der Waals surface area contributed by atoms with Gasteiger partial charge in [0, 0.05) is 21.3 Å². The predicted molar refractivity (Wildman–Crippen MR) is 185 cm³/mol. The number of ether oxygens (including phenoxy) is 5. The van der Waals surface area contributed by atoms with Gasteiger partial charge in [-0.05, 0) is 73.2 Å². The Morgan fingerprint density at radius 2 is 1.52 bits per heavy atom. The summed E-state index contributed by atoms with van der Waals surface area (Å²) in [5.41, 5.74) is 4.06. The number of benzene rings is 4.